The molecule has 1 atom stereocenters. The number of likely N-dealkylation sites (tertiary alicyclic amines) is 1. The predicted molar refractivity (Wildman–Crippen MR) is 75.4 cm³/mol. The van der Waals surface area contributed by atoms with E-state index in [1.165, 1.54) is 4.90 Å². The second-order valence-electron chi connectivity index (χ2n) is 5.32. The van der Waals surface area contributed by atoms with Gasteiger partial charge >= 0.3 is 6.18 Å². The molecule has 1 aromatic rings. The lowest BCUT2D eigenvalue weighted by Crippen LogP contribution is -2.41. The SMILES string of the molecule is CS(=O)(=O)CC(=O)N1CCCC(c2nc(C(F)(F)F)cs2)C1. The van der Waals surface area contributed by atoms with Crippen molar-refractivity contribution >= 4 is 27.1 Å². The second-order valence-corrected chi connectivity index (χ2v) is 8.35. The number of nitrogens with zero attached hydrogens (tertiary/aromatic N) is 2. The Hall–Kier alpha value is -1.16. The van der Waals surface area contributed by atoms with Gasteiger partial charge in [-0.25, -0.2) is 13.4 Å². The van der Waals surface area contributed by atoms with Gasteiger partial charge in [0.1, 0.15) is 5.75 Å². The van der Waals surface area contributed by atoms with Crippen LogP contribution in [0.2, 0.25) is 0 Å². The molecule has 0 bridgehead atoms. The van der Waals surface area contributed by atoms with Gasteiger partial charge in [-0.1, -0.05) is 0 Å². The Bertz CT molecular complexity index is 655. The lowest BCUT2D eigenvalue weighted by atomic mass is 9.99. The van der Waals surface area contributed by atoms with Crippen molar-refractivity contribution in [1.82, 2.24) is 9.88 Å². The van der Waals surface area contributed by atoms with Gasteiger partial charge in [-0.15, -0.1) is 11.3 Å². The van der Waals surface area contributed by atoms with E-state index in [0.717, 1.165) is 23.0 Å². The van der Waals surface area contributed by atoms with Crippen molar-refractivity contribution in [2.75, 3.05) is 25.1 Å². The summed E-state index contributed by atoms with van der Waals surface area (Å²) in [4.78, 5) is 16.9. The minimum atomic E-state index is -4.48. The van der Waals surface area contributed by atoms with Crippen molar-refractivity contribution in [2.24, 2.45) is 0 Å². The topological polar surface area (TPSA) is 67.3 Å². The second kappa shape index (κ2) is 6.15. The highest BCUT2D eigenvalue weighted by molar-refractivity contribution is 7.91. The van der Waals surface area contributed by atoms with Crippen LogP contribution in [0.1, 0.15) is 29.5 Å². The summed E-state index contributed by atoms with van der Waals surface area (Å²) in [5.74, 6) is -1.37. The predicted octanol–water partition coefficient (Wildman–Crippen LogP) is 1.91. The van der Waals surface area contributed by atoms with Gasteiger partial charge in [0.25, 0.3) is 0 Å². The molecule has 2 rings (SSSR count). The zero-order valence-corrected chi connectivity index (χ0v) is 13.4. The number of carbonyl (C=O) groups excluding carboxylic acids is 1. The molecule has 22 heavy (non-hydrogen) atoms. The number of hydrogen-bond acceptors (Lipinski definition) is 5. The molecule has 5 nitrogen and oxygen atoms in total. The molecule has 2 heterocycles. The van der Waals surface area contributed by atoms with E-state index in [2.05, 4.69) is 4.98 Å². The molecular weight excluding hydrogens is 341 g/mol. The molecule has 1 aliphatic rings. The zero-order valence-electron chi connectivity index (χ0n) is 11.8. The third kappa shape index (κ3) is 4.42. The molecule has 10 heteroatoms. The summed E-state index contributed by atoms with van der Waals surface area (Å²) in [6, 6.07) is 0. The first-order valence-corrected chi connectivity index (χ1v) is 9.48. The molecule has 1 aliphatic heterocycles. The summed E-state index contributed by atoms with van der Waals surface area (Å²) in [6.07, 6.45) is -2.26. The number of sulfone groups is 1. The molecule has 0 saturated carbocycles. The molecule has 1 amide bonds. The number of aromatic nitrogens is 1. The molecule has 0 aromatic carbocycles. The summed E-state index contributed by atoms with van der Waals surface area (Å²) in [5.41, 5.74) is -0.924. The molecule has 0 spiro atoms. The van der Waals surface area contributed by atoms with Crippen LogP contribution >= 0.6 is 11.3 Å². The number of thiazole rings is 1. The van der Waals surface area contributed by atoms with E-state index >= 15 is 0 Å². The van der Waals surface area contributed by atoms with Gasteiger partial charge in [-0.05, 0) is 12.8 Å². The van der Waals surface area contributed by atoms with Crippen LogP contribution in [0.5, 0.6) is 0 Å². The Labute approximate surface area is 130 Å². The highest BCUT2D eigenvalue weighted by atomic mass is 32.2. The monoisotopic (exact) mass is 356 g/mol. The van der Waals surface area contributed by atoms with Gasteiger partial charge in [0.2, 0.25) is 5.91 Å². The van der Waals surface area contributed by atoms with Crippen molar-refractivity contribution < 1.29 is 26.4 Å². The number of amides is 1. The highest BCUT2D eigenvalue weighted by Gasteiger charge is 2.35. The zero-order chi connectivity index (χ0) is 16.5. The van der Waals surface area contributed by atoms with E-state index in [0.29, 0.717) is 24.4 Å². The van der Waals surface area contributed by atoms with E-state index in [-0.39, 0.29) is 12.5 Å². The lowest BCUT2D eigenvalue weighted by Gasteiger charge is -2.31. The summed E-state index contributed by atoms with van der Waals surface area (Å²) in [7, 11) is -3.42. The van der Waals surface area contributed by atoms with E-state index in [9.17, 15) is 26.4 Å². The van der Waals surface area contributed by atoms with Crippen LogP contribution in [0.4, 0.5) is 13.2 Å². The number of halogens is 3. The molecule has 1 unspecified atom stereocenters. The van der Waals surface area contributed by atoms with Crippen LogP contribution in [-0.2, 0) is 20.8 Å². The van der Waals surface area contributed by atoms with Crippen molar-refractivity contribution in [1.29, 1.82) is 0 Å². The van der Waals surface area contributed by atoms with Gasteiger partial charge in [0.05, 0.1) is 5.01 Å². The van der Waals surface area contributed by atoms with Crippen molar-refractivity contribution in [3.63, 3.8) is 0 Å². The molecule has 0 aliphatic carbocycles. The highest BCUT2D eigenvalue weighted by Crippen LogP contribution is 2.34. The maximum Gasteiger partial charge on any atom is 0.434 e. The molecule has 1 saturated heterocycles. The lowest BCUT2D eigenvalue weighted by molar-refractivity contribution is -0.141. The first-order valence-electron chi connectivity index (χ1n) is 6.54. The Kier molecular flexibility index (Phi) is 4.81. The normalized spacial score (nSPS) is 20.2. The standard InChI is InChI=1S/C12H15F3N2O3S2/c1-22(19,20)7-10(18)17-4-2-3-8(5-17)11-16-9(6-21-11)12(13,14)15/h6,8H,2-5,7H2,1H3. The quantitative estimate of drug-likeness (QED) is 0.830. The van der Waals surface area contributed by atoms with Crippen LogP contribution < -0.4 is 0 Å². The Balaban J connectivity index is 2.07. The van der Waals surface area contributed by atoms with Gasteiger partial charge in [0.15, 0.2) is 15.5 Å². The van der Waals surface area contributed by atoms with Gasteiger partial charge in [0, 0.05) is 30.6 Å². The van der Waals surface area contributed by atoms with E-state index in [1.807, 2.05) is 0 Å². The molecule has 1 aromatic heterocycles. The maximum atomic E-state index is 12.6. The average Bonchev–Trinajstić information content (AvgIpc) is 2.86. The Morgan fingerprint density at radius 2 is 2.18 bits per heavy atom. The first kappa shape index (κ1) is 17.2. The molecule has 1 fully saturated rings. The summed E-state index contributed by atoms with van der Waals surface area (Å²) in [5, 5.41) is 1.30. The molecule has 0 radical (unpaired) electrons. The fraction of sp³-hybridized carbons (Fsp3) is 0.667. The summed E-state index contributed by atoms with van der Waals surface area (Å²) < 4.78 is 60.0. The van der Waals surface area contributed by atoms with Gasteiger partial charge < -0.3 is 4.90 Å². The Morgan fingerprint density at radius 3 is 2.73 bits per heavy atom. The van der Waals surface area contributed by atoms with Crippen LogP contribution in [0, 0.1) is 0 Å². The third-order valence-electron chi connectivity index (χ3n) is 3.32. The fourth-order valence-corrected chi connectivity index (χ4v) is 3.91. The number of hydrogen-bond donors (Lipinski definition) is 0. The minimum Gasteiger partial charge on any atom is -0.341 e. The largest absolute Gasteiger partial charge is 0.434 e. The third-order valence-corrected chi connectivity index (χ3v) is 5.10. The van der Waals surface area contributed by atoms with Crippen molar-refractivity contribution in [2.45, 2.75) is 24.9 Å². The van der Waals surface area contributed by atoms with Crippen LogP contribution in [-0.4, -0.2) is 49.3 Å². The minimum absolute atomic E-state index is 0.208. The van der Waals surface area contributed by atoms with Gasteiger partial charge in [-0.3, -0.25) is 4.79 Å². The van der Waals surface area contributed by atoms with E-state index < -0.39 is 33.4 Å². The first-order chi connectivity index (χ1) is 10.1. The Morgan fingerprint density at radius 1 is 1.50 bits per heavy atom. The maximum absolute atomic E-state index is 12.6. The smallest absolute Gasteiger partial charge is 0.341 e. The fourth-order valence-electron chi connectivity index (χ4n) is 2.33. The number of piperidine rings is 1. The number of carbonyl (C=O) groups is 1. The number of alkyl halides is 3. The summed E-state index contributed by atoms with van der Waals surface area (Å²) in [6.45, 7) is 0.627. The van der Waals surface area contributed by atoms with Crippen molar-refractivity contribution in [3.8, 4) is 0 Å². The molecule has 124 valence electrons. The molecular formula is C12H15F3N2O3S2. The van der Waals surface area contributed by atoms with E-state index in [4.69, 9.17) is 0 Å². The summed E-state index contributed by atoms with van der Waals surface area (Å²) >= 11 is 0.923. The van der Waals surface area contributed by atoms with Gasteiger partial charge in [-0.2, -0.15) is 13.2 Å². The van der Waals surface area contributed by atoms with E-state index in [1.54, 1.807) is 0 Å². The van der Waals surface area contributed by atoms with Crippen LogP contribution in [0.3, 0.4) is 0 Å². The molecule has 0 N–H and O–H groups in total. The van der Waals surface area contributed by atoms with Crippen molar-refractivity contribution in [3.05, 3.63) is 16.1 Å². The number of rotatable bonds is 3. The average molecular weight is 356 g/mol. The van der Waals surface area contributed by atoms with Crippen LogP contribution in [0.25, 0.3) is 0 Å². The van der Waals surface area contributed by atoms with Crippen LogP contribution in [0.15, 0.2) is 5.38 Å².